The Morgan fingerprint density at radius 2 is 2.11 bits per heavy atom. The highest BCUT2D eigenvalue weighted by Gasteiger charge is 2.03. The molecule has 0 saturated carbocycles. The molecule has 0 saturated heterocycles. The minimum atomic E-state index is -0.00944. The fraction of sp³-hybridized carbons (Fsp3) is 0.462. The molecule has 0 bridgehead atoms. The molecule has 1 rings (SSSR count). The highest BCUT2D eigenvalue weighted by Crippen LogP contribution is 2.15. The van der Waals surface area contributed by atoms with E-state index in [9.17, 15) is 4.79 Å². The number of nitrogens with one attached hydrogen (secondary N) is 1. The minimum absolute atomic E-state index is 0.00944. The van der Waals surface area contributed by atoms with E-state index in [-0.39, 0.29) is 11.9 Å². The number of ether oxygens (including phenoxy) is 1. The van der Waals surface area contributed by atoms with Gasteiger partial charge in [0.05, 0.1) is 12.4 Å². The van der Waals surface area contributed by atoms with Crippen molar-refractivity contribution in [1.82, 2.24) is 0 Å². The van der Waals surface area contributed by atoms with Gasteiger partial charge in [0.1, 0.15) is 5.75 Å². The molecule has 5 heteroatoms. The number of amides is 1. The Morgan fingerprint density at radius 1 is 1.44 bits per heavy atom. The first-order chi connectivity index (χ1) is 8.61. The largest absolute Gasteiger partial charge is 0.494 e. The lowest BCUT2D eigenvalue weighted by Crippen LogP contribution is -2.20. The first-order valence-electron chi connectivity index (χ1n) is 5.98. The third-order valence-electron chi connectivity index (χ3n) is 2.06. The van der Waals surface area contributed by atoms with E-state index in [4.69, 9.17) is 10.5 Å². The van der Waals surface area contributed by atoms with Gasteiger partial charge in [-0.3, -0.25) is 4.79 Å². The molecule has 0 aliphatic heterocycles. The molecule has 0 heterocycles. The lowest BCUT2D eigenvalue weighted by Gasteiger charge is -2.07. The van der Waals surface area contributed by atoms with Gasteiger partial charge in [-0.05, 0) is 38.1 Å². The van der Waals surface area contributed by atoms with Crippen LogP contribution in [0.2, 0.25) is 0 Å². The van der Waals surface area contributed by atoms with Crippen molar-refractivity contribution in [3.8, 4) is 5.75 Å². The topological polar surface area (TPSA) is 64.3 Å². The van der Waals surface area contributed by atoms with Crippen LogP contribution in [0.3, 0.4) is 0 Å². The number of nitrogens with two attached hydrogens (primary N) is 1. The average molecular weight is 268 g/mol. The summed E-state index contributed by atoms with van der Waals surface area (Å²) in [5, 5.41) is 2.83. The average Bonchev–Trinajstić information content (AvgIpc) is 2.31. The summed E-state index contributed by atoms with van der Waals surface area (Å²) in [5.74, 6) is 2.01. The number of anilines is 1. The molecule has 3 N–H and O–H groups in total. The van der Waals surface area contributed by atoms with Crippen LogP contribution in [0.25, 0.3) is 0 Å². The fourth-order valence-corrected chi connectivity index (χ4v) is 2.08. The summed E-state index contributed by atoms with van der Waals surface area (Å²) in [6, 6.07) is 7.47. The second-order valence-electron chi connectivity index (χ2n) is 4.00. The van der Waals surface area contributed by atoms with Gasteiger partial charge in [0, 0.05) is 17.5 Å². The van der Waals surface area contributed by atoms with Crippen LogP contribution in [0.5, 0.6) is 5.75 Å². The Balaban J connectivity index is 2.35. The summed E-state index contributed by atoms with van der Waals surface area (Å²) < 4.78 is 5.33. The van der Waals surface area contributed by atoms with Crippen LogP contribution in [0.4, 0.5) is 5.69 Å². The van der Waals surface area contributed by atoms with E-state index in [1.165, 1.54) is 11.8 Å². The molecule has 0 aliphatic rings. The molecule has 1 unspecified atom stereocenters. The van der Waals surface area contributed by atoms with Crippen LogP contribution in [0.15, 0.2) is 24.3 Å². The van der Waals surface area contributed by atoms with Crippen molar-refractivity contribution in [2.45, 2.75) is 19.9 Å². The number of carbonyl (C=O) groups is 1. The fourth-order valence-electron chi connectivity index (χ4n) is 1.34. The highest BCUT2D eigenvalue weighted by atomic mass is 32.2. The lowest BCUT2D eigenvalue weighted by molar-refractivity contribution is -0.113. The summed E-state index contributed by atoms with van der Waals surface area (Å²) in [6.07, 6.45) is 0. The molecule has 0 radical (unpaired) electrons. The van der Waals surface area contributed by atoms with Crippen molar-refractivity contribution in [1.29, 1.82) is 0 Å². The lowest BCUT2D eigenvalue weighted by atomic mass is 10.3. The molecule has 100 valence electrons. The van der Waals surface area contributed by atoms with Crippen molar-refractivity contribution >= 4 is 23.4 Å². The zero-order valence-corrected chi connectivity index (χ0v) is 11.6. The maximum atomic E-state index is 11.6. The van der Waals surface area contributed by atoms with E-state index in [1.807, 2.05) is 38.1 Å². The van der Waals surface area contributed by atoms with Crippen LogP contribution < -0.4 is 15.8 Å². The molecule has 18 heavy (non-hydrogen) atoms. The molecule has 1 atom stereocenters. The van der Waals surface area contributed by atoms with E-state index in [1.54, 1.807) is 0 Å². The summed E-state index contributed by atoms with van der Waals surface area (Å²) >= 11 is 1.54. The van der Waals surface area contributed by atoms with Gasteiger partial charge in [-0.1, -0.05) is 0 Å². The predicted octanol–water partition coefficient (Wildman–Crippen LogP) is 2.10. The van der Waals surface area contributed by atoms with Crippen LogP contribution in [-0.2, 0) is 4.79 Å². The third kappa shape index (κ3) is 5.93. The minimum Gasteiger partial charge on any atom is -0.494 e. The van der Waals surface area contributed by atoms with Crippen LogP contribution in [-0.4, -0.2) is 30.1 Å². The van der Waals surface area contributed by atoms with E-state index >= 15 is 0 Å². The van der Waals surface area contributed by atoms with Crippen molar-refractivity contribution in [3.05, 3.63) is 24.3 Å². The number of hydrogen-bond donors (Lipinski definition) is 2. The van der Waals surface area contributed by atoms with E-state index < -0.39 is 0 Å². The number of thioether (sulfide) groups is 1. The van der Waals surface area contributed by atoms with E-state index in [2.05, 4.69) is 5.32 Å². The van der Waals surface area contributed by atoms with Gasteiger partial charge in [-0.2, -0.15) is 11.8 Å². The van der Waals surface area contributed by atoms with Gasteiger partial charge in [0.25, 0.3) is 0 Å². The van der Waals surface area contributed by atoms with Crippen molar-refractivity contribution < 1.29 is 9.53 Å². The first kappa shape index (κ1) is 14.9. The van der Waals surface area contributed by atoms with Crippen LogP contribution in [0.1, 0.15) is 13.8 Å². The number of hydrogen-bond acceptors (Lipinski definition) is 4. The molecule has 4 nitrogen and oxygen atoms in total. The normalized spacial score (nSPS) is 11.9. The molecule has 0 fully saturated rings. The number of carbonyl (C=O) groups excluding carboxylic acids is 1. The smallest absolute Gasteiger partial charge is 0.234 e. The molecular formula is C13H20N2O2S. The summed E-state index contributed by atoms with van der Waals surface area (Å²) in [5.41, 5.74) is 6.39. The van der Waals surface area contributed by atoms with Gasteiger partial charge in [0.15, 0.2) is 0 Å². The molecule has 1 aromatic rings. The predicted molar refractivity (Wildman–Crippen MR) is 77.2 cm³/mol. The number of benzene rings is 1. The van der Waals surface area contributed by atoms with Gasteiger partial charge in [-0.15, -0.1) is 0 Å². The second-order valence-corrected chi connectivity index (χ2v) is 5.03. The second kappa shape index (κ2) is 8.00. The Kier molecular flexibility index (Phi) is 6.60. The Labute approximate surface area is 112 Å². The van der Waals surface area contributed by atoms with Gasteiger partial charge >= 0.3 is 0 Å². The monoisotopic (exact) mass is 268 g/mol. The van der Waals surface area contributed by atoms with Crippen molar-refractivity contribution in [2.24, 2.45) is 5.73 Å². The zero-order valence-electron chi connectivity index (χ0n) is 10.8. The zero-order chi connectivity index (χ0) is 13.4. The molecule has 0 spiro atoms. The summed E-state index contributed by atoms with van der Waals surface area (Å²) in [7, 11) is 0. The van der Waals surface area contributed by atoms with Gasteiger partial charge in [0.2, 0.25) is 5.91 Å². The standard InChI is InChI=1S/C13H20N2O2S/c1-3-17-12-6-4-11(5-7-12)15-13(16)9-18-8-10(2)14/h4-7,10H,3,8-9,14H2,1-2H3,(H,15,16). The number of rotatable bonds is 7. The molecular weight excluding hydrogens is 248 g/mol. The van der Waals surface area contributed by atoms with Crippen LogP contribution >= 0.6 is 11.8 Å². The van der Waals surface area contributed by atoms with Gasteiger partial charge < -0.3 is 15.8 Å². The Morgan fingerprint density at radius 3 is 2.67 bits per heavy atom. The Bertz CT molecular complexity index is 366. The highest BCUT2D eigenvalue weighted by molar-refractivity contribution is 8.00. The quantitative estimate of drug-likeness (QED) is 0.795. The first-order valence-corrected chi connectivity index (χ1v) is 7.13. The maximum absolute atomic E-state index is 11.6. The van der Waals surface area contributed by atoms with E-state index in [0.717, 1.165) is 17.2 Å². The molecule has 0 aliphatic carbocycles. The van der Waals surface area contributed by atoms with Gasteiger partial charge in [-0.25, -0.2) is 0 Å². The SMILES string of the molecule is CCOc1ccc(NC(=O)CSCC(C)N)cc1. The summed E-state index contributed by atoms with van der Waals surface area (Å²) in [6.45, 7) is 4.50. The molecule has 1 amide bonds. The molecule has 0 aromatic heterocycles. The maximum Gasteiger partial charge on any atom is 0.234 e. The summed E-state index contributed by atoms with van der Waals surface area (Å²) in [4.78, 5) is 11.6. The van der Waals surface area contributed by atoms with Crippen molar-refractivity contribution in [2.75, 3.05) is 23.4 Å². The third-order valence-corrected chi connectivity index (χ3v) is 3.29. The van der Waals surface area contributed by atoms with E-state index in [0.29, 0.717) is 12.4 Å². The Hall–Kier alpha value is -1.20. The van der Waals surface area contributed by atoms with Crippen LogP contribution in [0, 0.1) is 0 Å². The molecule has 1 aromatic carbocycles. The van der Waals surface area contributed by atoms with Crippen molar-refractivity contribution in [3.63, 3.8) is 0 Å².